The van der Waals surface area contributed by atoms with E-state index >= 15 is 0 Å². The van der Waals surface area contributed by atoms with Crippen molar-refractivity contribution in [2.75, 3.05) is 18.0 Å². The third-order valence-electron chi connectivity index (χ3n) is 3.29. The van der Waals surface area contributed by atoms with Gasteiger partial charge in [-0.1, -0.05) is 36.2 Å². The van der Waals surface area contributed by atoms with Crippen LogP contribution in [0.5, 0.6) is 0 Å². The Morgan fingerprint density at radius 3 is 2.56 bits per heavy atom. The summed E-state index contributed by atoms with van der Waals surface area (Å²) in [7, 11) is 0. The van der Waals surface area contributed by atoms with Crippen LogP contribution >= 0.6 is 15.9 Å². The van der Waals surface area contributed by atoms with E-state index in [1.54, 1.807) is 6.92 Å². The molecule has 100 valence electrons. The summed E-state index contributed by atoms with van der Waals surface area (Å²) in [5, 5.41) is 0. The van der Waals surface area contributed by atoms with E-state index in [1.165, 1.54) is 0 Å². The van der Waals surface area contributed by atoms with Gasteiger partial charge in [0.05, 0.1) is 0 Å². The number of carbonyl (C=O) groups excluding carboxylic acids is 1. The molecule has 0 aliphatic heterocycles. The predicted molar refractivity (Wildman–Crippen MR) is 81.5 cm³/mol. The number of anilines is 1. The van der Waals surface area contributed by atoms with E-state index in [1.807, 2.05) is 18.2 Å². The molecule has 0 aliphatic rings. The number of halogens is 1. The summed E-state index contributed by atoms with van der Waals surface area (Å²) in [6.07, 6.45) is 1.15. The second-order valence-corrected chi connectivity index (χ2v) is 5.69. The number of Topliss-reactive ketones (excluding diaryl/α,β-unsaturated/α-hetero) is 1. The molecule has 1 aromatic carbocycles. The highest BCUT2D eigenvalue weighted by molar-refractivity contribution is 9.10. The first-order chi connectivity index (χ1) is 8.49. The van der Waals surface area contributed by atoms with Crippen molar-refractivity contribution in [1.29, 1.82) is 0 Å². The molecule has 0 N–H and O–H groups in total. The Labute approximate surface area is 119 Å². The van der Waals surface area contributed by atoms with Crippen LogP contribution in [0.2, 0.25) is 0 Å². The Hall–Kier alpha value is -0.830. The van der Waals surface area contributed by atoms with E-state index < -0.39 is 0 Å². The predicted octanol–water partition coefficient (Wildman–Crippen LogP) is 4.52. The minimum absolute atomic E-state index is 0.125. The van der Waals surface area contributed by atoms with Crippen LogP contribution in [0.4, 0.5) is 5.69 Å². The lowest BCUT2D eigenvalue weighted by Gasteiger charge is -2.28. The lowest BCUT2D eigenvalue weighted by Crippen LogP contribution is -2.29. The monoisotopic (exact) mass is 311 g/mol. The van der Waals surface area contributed by atoms with Crippen LogP contribution in [0.15, 0.2) is 22.7 Å². The third kappa shape index (κ3) is 3.84. The SMILES string of the molecule is CCC(C)CN(CC)c1cc(Br)ccc1C(C)=O. The molecule has 0 saturated carbocycles. The van der Waals surface area contributed by atoms with Crippen molar-refractivity contribution in [2.45, 2.75) is 34.1 Å². The van der Waals surface area contributed by atoms with Gasteiger partial charge in [0.25, 0.3) is 0 Å². The van der Waals surface area contributed by atoms with Gasteiger partial charge in [-0.05, 0) is 38.0 Å². The molecule has 0 aromatic heterocycles. The topological polar surface area (TPSA) is 20.3 Å². The number of ketones is 1. The fourth-order valence-corrected chi connectivity index (χ4v) is 2.32. The van der Waals surface area contributed by atoms with Gasteiger partial charge in [0.2, 0.25) is 0 Å². The largest absolute Gasteiger partial charge is 0.371 e. The van der Waals surface area contributed by atoms with Gasteiger partial charge in [0.15, 0.2) is 5.78 Å². The van der Waals surface area contributed by atoms with Crippen LogP contribution in [-0.2, 0) is 0 Å². The Morgan fingerprint density at radius 1 is 1.39 bits per heavy atom. The number of benzene rings is 1. The van der Waals surface area contributed by atoms with Gasteiger partial charge in [-0.25, -0.2) is 0 Å². The van der Waals surface area contributed by atoms with Crippen molar-refractivity contribution >= 4 is 27.4 Å². The minimum atomic E-state index is 0.125. The summed E-state index contributed by atoms with van der Waals surface area (Å²) in [6, 6.07) is 5.88. The zero-order valence-electron chi connectivity index (χ0n) is 11.7. The van der Waals surface area contributed by atoms with Crippen molar-refractivity contribution in [1.82, 2.24) is 0 Å². The molecule has 0 bridgehead atoms. The van der Waals surface area contributed by atoms with Crippen LogP contribution in [0.25, 0.3) is 0 Å². The molecule has 0 aliphatic carbocycles. The normalized spacial score (nSPS) is 12.3. The minimum Gasteiger partial charge on any atom is -0.371 e. The second kappa shape index (κ2) is 6.93. The van der Waals surface area contributed by atoms with Crippen LogP contribution < -0.4 is 4.90 Å². The summed E-state index contributed by atoms with van der Waals surface area (Å²) >= 11 is 3.49. The van der Waals surface area contributed by atoms with Gasteiger partial charge in [0.1, 0.15) is 0 Å². The van der Waals surface area contributed by atoms with Crippen molar-refractivity contribution < 1.29 is 4.79 Å². The third-order valence-corrected chi connectivity index (χ3v) is 3.78. The van der Waals surface area contributed by atoms with Crippen molar-refractivity contribution in [3.8, 4) is 0 Å². The molecule has 0 heterocycles. The van der Waals surface area contributed by atoms with Gasteiger partial charge >= 0.3 is 0 Å². The molecule has 0 spiro atoms. The van der Waals surface area contributed by atoms with E-state index in [9.17, 15) is 4.79 Å². The first-order valence-electron chi connectivity index (χ1n) is 6.55. The van der Waals surface area contributed by atoms with Crippen molar-refractivity contribution in [3.63, 3.8) is 0 Å². The van der Waals surface area contributed by atoms with Gasteiger partial charge in [-0.2, -0.15) is 0 Å². The van der Waals surface area contributed by atoms with E-state index in [0.717, 1.165) is 35.2 Å². The molecule has 0 fully saturated rings. The van der Waals surface area contributed by atoms with Gasteiger partial charge in [-0.3, -0.25) is 4.79 Å². The maximum Gasteiger partial charge on any atom is 0.161 e. The summed E-state index contributed by atoms with van der Waals surface area (Å²) in [4.78, 5) is 14.0. The number of rotatable bonds is 6. The van der Waals surface area contributed by atoms with Crippen LogP contribution in [0, 0.1) is 5.92 Å². The fraction of sp³-hybridized carbons (Fsp3) is 0.533. The molecular weight excluding hydrogens is 290 g/mol. The Kier molecular flexibility index (Phi) is 5.86. The average molecular weight is 312 g/mol. The summed E-state index contributed by atoms with van der Waals surface area (Å²) in [5.74, 6) is 0.754. The van der Waals surface area contributed by atoms with E-state index in [2.05, 4.69) is 41.6 Å². The molecule has 1 aromatic rings. The van der Waals surface area contributed by atoms with Crippen LogP contribution in [-0.4, -0.2) is 18.9 Å². The van der Waals surface area contributed by atoms with E-state index in [4.69, 9.17) is 0 Å². The molecular formula is C15H22BrNO. The van der Waals surface area contributed by atoms with Crippen molar-refractivity contribution in [2.24, 2.45) is 5.92 Å². The highest BCUT2D eigenvalue weighted by Crippen LogP contribution is 2.26. The van der Waals surface area contributed by atoms with Crippen LogP contribution in [0.1, 0.15) is 44.5 Å². The summed E-state index contributed by atoms with van der Waals surface area (Å²) in [5.41, 5.74) is 1.85. The molecule has 0 amide bonds. The Balaban J connectivity index is 3.10. The average Bonchev–Trinajstić information content (AvgIpc) is 2.35. The molecule has 1 unspecified atom stereocenters. The molecule has 18 heavy (non-hydrogen) atoms. The van der Waals surface area contributed by atoms with E-state index in [0.29, 0.717) is 5.92 Å². The van der Waals surface area contributed by atoms with Crippen LogP contribution in [0.3, 0.4) is 0 Å². The highest BCUT2D eigenvalue weighted by Gasteiger charge is 2.15. The maximum absolute atomic E-state index is 11.7. The van der Waals surface area contributed by atoms with E-state index in [-0.39, 0.29) is 5.78 Å². The lowest BCUT2D eigenvalue weighted by atomic mass is 10.1. The number of carbonyl (C=O) groups is 1. The first kappa shape index (κ1) is 15.2. The fourth-order valence-electron chi connectivity index (χ4n) is 1.97. The first-order valence-corrected chi connectivity index (χ1v) is 7.34. The van der Waals surface area contributed by atoms with Gasteiger partial charge in [-0.15, -0.1) is 0 Å². The smallest absolute Gasteiger partial charge is 0.161 e. The zero-order chi connectivity index (χ0) is 13.7. The highest BCUT2D eigenvalue weighted by atomic mass is 79.9. The Morgan fingerprint density at radius 2 is 2.06 bits per heavy atom. The van der Waals surface area contributed by atoms with Crippen molar-refractivity contribution in [3.05, 3.63) is 28.2 Å². The molecule has 3 heteroatoms. The molecule has 0 radical (unpaired) electrons. The molecule has 2 nitrogen and oxygen atoms in total. The number of hydrogen-bond donors (Lipinski definition) is 0. The maximum atomic E-state index is 11.7. The standard InChI is InChI=1S/C15H22BrNO/c1-5-11(3)10-17(6-2)15-9-13(16)7-8-14(15)12(4)18/h7-9,11H,5-6,10H2,1-4H3. The number of hydrogen-bond acceptors (Lipinski definition) is 2. The Bertz CT molecular complexity index is 417. The quantitative estimate of drug-likeness (QED) is 0.720. The lowest BCUT2D eigenvalue weighted by molar-refractivity contribution is 0.101. The second-order valence-electron chi connectivity index (χ2n) is 4.77. The molecule has 0 saturated heterocycles. The van der Waals surface area contributed by atoms with Gasteiger partial charge in [0, 0.05) is 28.8 Å². The van der Waals surface area contributed by atoms with Gasteiger partial charge < -0.3 is 4.90 Å². The summed E-state index contributed by atoms with van der Waals surface area (Å²) < 4.78 is 1.02. The zero-order valence-corrected chi connectivity index (χ0v) is 13.3. The molecule has 1 atom stereocenters. The summed E-state index contributed by atoms with van der Waals surface area (Å²) in [6.45, 7) is 10.1. The molecule has 1 rings (SSSR count). The number of nitrogens with zero attached hydrogens (tertiary/aromatic N) is 1.